The van der Waals surface area contributed by atoms with Gasteiger partial charge in [-0.05, 0) is 51.4 Å². The molecule has 0 aromatic rings. The molecule has 3 saturated heterocycles. The van der Waals surface area contributed by atoms with Crippen LogP contribution in [0.15, 0.2) is 60.8 Å². The summed E-state index contributed by atoms with van der Waals surface area (Å²) in [6.07, 6.45) is 34.6. The molecule has 3 fully saturated rings. The summed E-state index contributed by atoms with van der Waals surface area (Å²) in [4.78, 5) is 13.4. The predicted octanol–water partition coefficient (Wildman–Crippen LogP) is 8.77. The Morgan fingerprint density at radius 3 is 1.18 bits per heavy atom. The van der Waals surface area contributed by atoms with Gasteiger partial charge in [0.25, 0.3) is 0 Å². The van der Waals surface area contributed by atoms with Gasteiger partial charge in [-0.1, -0.05) is 242 Å². The molecule has 0 saturated carbocycles. The van der Waals surface area contributed by atoms with E-state index in [0.29, 0.717) is 25.7 Å². The average Bonchev–Trinajstić information content (AvgIpc) is 3.72. The Morgan fingerprint density at radius 2 is 0.773 bits per heavy atom. The maximum absolute atomic E-state index is 13.4. The second-order valence-corrected chi connectivity index (χ2v) is 24.6. The minimum absolute atomic E-state index is 0.186. The van der Waals surface area contributed by atoms with Gasteiger partial charge < -0.3 is 89.9 Å². The molecule has 0 aromatic carbocycles. The van der Waals surface area contributed by atoms with Crippen molar-refractivity contribution in [3.63, 3.8) is 0 Å². The van der Waals surface area contributed by atoms with E-state index in [2.05, 4.69) is 73.8 Å². The highest BCUT2D eigenvalue weighted by molar-refractivity contribution is 5.76. The van der Waals surface area contributed by atoms with Crippen LogP contribution in [0.1, 0.15) is 239 Å². The molecule has 19 heteroatoms. The summed E-state index contributed by atoms with van der Waals surface area (Å²) in [5, 5.41) is 121. The number of amides is 1. The molecule has 19 nitrogen and oxygen atoms in total. The van der Waals surface area contributed by atoms with E-state index in [1.165, 1.54) is 141 Å². The van der Waals surface area contributed by atoms with E-state index in [1.54, 1.807) is 0 Å². The Morgan fingerprint density at radius 1 is 0.420 bits per heavy atom. The summed E-state index contributed by atoms with van der Waals surface area (Å²) in [6.45, 7) is 1.65. The molecule has 0 bridgehead atoms. The van der Waals surface area contributed by atoms with Crippen LogP contribution in [0.5, 0.6) is 0 Å². The van der Waals surface area contributed by atoms with Crippen molar-refractivity contribution in [3.8, 4) is 0 Å². The molecular weight excluding hydrogens is 1130 g/mol. The molecule has 512 valence electrons. The number of rotatable bonds is 52. The van der Waals surface area contributed by atoms with E-state index in [4.69, 9.17) is 28.4 Å². The molecule has 0 aromatic heterocycles. The Kier molecular flexibility index (Phi) is 46.2. The molecule has 88 heavy (non-hydrogen) atoms. The highest BCUT2D eigenvalue weighted by atomic mass is 16.8. The smallest absolute Gasteiger partial charge is 0.220 e. The van der Waals surface area contributed by atoms with Crippen molar-refractivity contribution in [1.29, 1.82) is 0 Å². The van der Waals surface area contributed by atoms with Crippen LogP contribution < -0.4 is 5.32 Å². The highest BCUT2D eigenvalue weighted by Crippen LogP contribution is 2.33. The lowest BCUT2D eigenvalue weighted by Crippen LogP contribution is -2.66. The summed E-state index contributed by atoms with van der Waals surface area (Å²) in [7, 11) is 0. The lowest BCUT2D eigenvalue weighted by atomic mass is 9.96. The minimum atomic E-state index is -1.98. The van der Waals surface area contributed by atoms with Crippen molar-refractivity contribution in [2.45, 2.75) is 343 Å². The van der Waals surface area contributed by atoms with E-state index in [-0.39, 0.29) is 18.9 Å². The number of aliphatic hydroxyl groups excluding tert-OH is 11. The molecule has 1 amide bonds. The Balaban J connectivity index is 1.44. The number of hydrogen-bond donors (Lipinski definition) is 12. The normalized spacial score (nSPS) is 28.8. The monoisotopic (exact) mass is 1250 g/mol. The Hall–Kier alpha value is -2.51. The zero-order chi connectivity index (χ0) is 64.0. The van der Waals surface area contributed by atoms with Crippen molar-refractivity contribution in [2.75, 3.05) is 26.4 Å². The summed E-state index contributed by atoms with van der Waals surface area (Å²) in [5.74, 6) is -0.299. The lowest BCUT2D eigenvalue weighted by molar-refractivity contribution is -0.379. The predicted molar refractivity (Wildman–Crippen MR) is 342 cm³/mol. The first-order valence-electron chi connectivity index (χ1n) is 34.5. The van der Waals surface area contributed by atoms with Crippen molar-refractivity contribution < 1.29 is 89.4 Å². The van der Waals surface area contributed by atoms with Gasteiger partial charge in [-0.3, -0.25) is 4.79 Å². The first-order valence-corrected chi connectivity index (χ1v) is 34.5. The number of hydrogen-bond acceptors (Lipinski definition) is 18. The number of nitrogens with one attached hydrogen (secondary N) is 1. The molecule has 17 unspecified atom stereocenters. The van der Waals surface area contributed by atoms with Gasteiger partial charge >= 0.3 is 0 Å². The topological polar surface area (TPSA) is 307 Å². The highest BCUT2D eigenvalue weighted by Gasteiger charge is 2.53. The summed E-state index contributed by atoms with van der Waals surface area (Å²) < 4.78 is 34.4. The Bertz CT molecular complexity index is 1830. The van der Waals surface area contributed by atoms with Gasteiger partial charge in [0.15, 0.2) is 18.9 Å². The van der Waals surface area contributed by atoms with Gasteiger partial charge in [-0.15, -0.1) is 0 Å². The maximum atomic E-state index is 13.4. The molecule has 0 aliphatic carbocycles. The van der Waals surface area contributed by atoms with Crippen LogP contribution >= 0.6 is 0 Å². The fourth-order valence-corrected chi connectivity index (χ4v) is 11.5. The molecule has 3 rings (SSSR count). The minimum Gasteiger partial charge on any atom is -0.394 e. The molecule has 3 aliphatic rings. The number of allylic oxidation sites excluding steroid dienone is 10. The number of carbonyl (C=O) groups is 1. The van der Waals surface area contributed by atoms with Gasteiger partial charge in [-0.2, -0.15) is 0 Å². The van der Waals surface area contributed by atoms with Gasteiger partial charge in [0.05, 0.1) is 38.6 Å². The SMILES string of the molecule is CC/C=C\C/C=C\C/C=C\C/C=C\C/C=C\CCCC(=O)NC(COC1OC(CO)C(OC2OC(CO)C(OC3OC(CO)C(O)C(O)C3O)C(O)C2O)C(O)C1O)C(O)CCCCCCCCCCCCCCCCCCCCCCCCCCCC. The van der Waals surface area contributed by atoms with E-state index in [1.807, 2.05) is 6.08 Å². The summed E-state index contributed by atoms with van der Waals surface area (Å²) in [5.41, 5.74) is 0. The molecule has 3 aliphatic heterocycles. The van der Waals surface area contributed by atoms with Crippen LogP contribution in [0, 0.1) is 0 Å². The third kappa shape index (κ3) is 32.9. The average molecular weight is 1250 g/mol. The van der Waals surface area contributed by atoms with Gasteiger partial charge in [0.2, 0.25) is 5.91 Å². The third-order valence-electron chi connectivity index (χ3n) is 17.1. The summed E-state index contributed by atoms with van der Waals surface area (Å²) >= 11 is 0. The third-order valence-corrected chi connectivity index (χ3v) is 17.1. The molecule has 0 radical (unpaired) electrons. The number of aliphatic hydroxyl groups is 11. The van der Waals surface area contributed by atoms with E-state index in [9.17, 15) is 61.0 Å². The van der Waals surface area contributed by atoms with E-state index < -0.39 is 124 Å². The van der Waals surface area contributed by atoms with Crippen LogP contribution in [0.3, 0.4) is 0 Å². The zero-order valence-corrected chi connectivity index (χ0v) is 53.9. The number of unbranched alkanes of at least 4 members (excludes halogenated alkanes) is 26. The first kappa shape index (κ1) is 79.7. The van der Waals surface area contributed by atoms with Crippen LogP contribution in [0.4, 0.5) is 0 Å². The summed E-state index contributed by atoms with van der Waals surface area (Å²) in [6, 6.07) is -0.921. The fourth-order valence-electron chi connectivity index (χ4n) is 11.5. The Labute approximate surface area is 528 Å². The van der Waals surface area contributed by atoms with Gasteiger partial charge in [0, 0.05) is 6.42 Å². The maximum Gasteiger partial charge on any atom is 0.220 e. The van der Waals surface area contributed by atoms with Crippen LogP contribution in [0.25, 0.3) is 0 Å². The first-order chi connectivity index (χ1) is 42.8. The molecule has 17 atom stereocenters. The molecule has 3 heterocycles. The fraction of sp³-hybridized carbons (Fsp3) is 0.841. The quantitative estimate of drug-likeness (QED) is 0.0200. The largest absolute Gasteiger partial charge is 0.394 e. The lowest BCUT2D eigenvalue weighted by Gasteiger charge is -2.48. The molecule has 0 spiro atoms. The van der Waals surface area contributed by atoms with Gasteiger partial charge in [-0.25, -0.2) is 0 Å². The number of carbonyl (C=O) groups excluding carboxylic acids is 1. The molecular formula is C69H123NO18. The van der Waals surface area contributed by atoms with Crippen molar-refractivity contribution in [3.05, 3.63) is 60.8 Å². The van der Waals surface area contributed by atoms with Crippen LogP contribution in [0.2, 0.25) is 0 Å². The van der Waals surface area contributed by atoms with E-state index in [0.717, 1.165) is 51.4 Å². The second kappa shape index (κ2) is 51.0. The van der Waals surface area contributed by atoms with Crippen molar-refractivity contribution >= 4 is 5.91 Å². The second-order valence-electron chi connectivity index (χ2n) is 24.6. The van der Waals surface area contributed by atoms with E-state index >= 15 is 0 Å². The zero-order valence-electron chi connectivity index (χ0n) is 53.9. The number of ether oxygens (including phenoxy) is 6. The van der Waals surface area contributed by atoms with Gasteiger partial charge in [0.1, 0.15) is 73.2 Å². The van der Waals surface area contributed by atoms with Crippen LogP contribution in [-0.2, 0) is 33.2 Å². The van der Waals surface area contributed by atoms with Crippen LogP contribution in [-0.4, -0.2) is 193 Å². The molecule has 12 N–H and O–H groups in total. The van der Waals surface area contributed by atoms with Crippen molar-refractivity contribution in [2.24, 2.45) is 0 Å². The van der Waals surface area contributed by atoms with Crippen molar-refractivity contribution in [1.82, 2.24) is 5.32 Å². The standard InChI is InChI=1S/C69H123NO18/c1-3-5-7-9-11-13-15-17-19-21-22-23-24-25-26-27-28-29-31-32-34-36-38-40-42-44-46-53(74)52(70-57(75)47-45-43-41-39-37-35-33-30-20-18-16-14-12-10-8-6-4-2)51-83-67-63(81)60(78)65(55(49-72)85-67)88-69-64(82)61(79)66(56(50-73)86-69)87-68-62(80)59(77)58(76)54(48-71)84-68/h6,8,12,14,18,20,33,35,39,41,52-56,58-69,71-74,76-82H,3-5,7,9-11,13,15-17,19,21-32,34,36-38,40,42-51H2,1-2H3,(H,70,75)/b8-6-,14-12-,20-18-,35-33-,41-39-.